The van der Waals surface area contributed by atoms with Gasteiger partial charge in [0.25, 0.3) is 0 Å². The number of aromatic amines is 2. The van der Waals surface area contributed by atoms with Gasteiger partial charge in [-0.05, 0) is 38.1 Å². The van der Waals surface area contributed by atoms with Gasteiger partial charge >= 0.3 is 0 Å². The molecular weight excluding hydrogens is 360 g/mol. The number of nitrogens with one attached hydrogen (secondary N) is 2. The predicted molar refractivity (Wildman–Crippen MR) is 104 cm³/mol. The highest BCUT2D eigenvalue weighted by Crippen LogP contribution is 2.30. The number of aliphatic hydroxyl groups excluding tert-OH is 2. The van der Waals surface area contributed by atoms with Crippen molar-refractivity contribution in [2.24, 2.45) is 0 Å². The van der Waals surface area contributed by atoms with Gasteiger partial charge in [-0.1, -0.05) is 0 Å². The molecule has 8 heteroatoms. The minimum atomic E-state index is -1.27. The third-order valence-corrected chi connectivity index (χ3v) is 4.42. The minimum Gasteiger partial charge on any atom is -0.494 e. The van der Waals surface area contributed by atoms with Crippen LogP contribution in [0.1, 0.15) is 37.7 Å². The Balaban J connectivity index is 1.61. The van der Waals surface area contributed by atoms with Gasteiger partial charge in [-0.3, -0.25) is 0 Å². The molecule has 0 aliphatic heterocycles. The van der Waals surface area contributed by atoms with Crippen LogP contribution in [0.3, 0.4) is 0 Å². The lowest BCUT2D eigenvalue weighted by atomic mass is 10.2. The molecule has 0 radical (unpaired) electrons. The predicted octanol–water partition coefficient (Wildman–Crippen LogP) is 3.00. The van der Waals surface area contributed by atoms with Crippen molar-refractivity contribution in [1.29, 1.82) is 0 Å². The van der Waals surface area contributed by atoms with Crippen molar-refractivity contribution >= 4 is 22.1 Å². The van der Waals surface area contributed by atoms with Crippen LogP contribution in [0.2, 0.25) is 0 Å². The van der Waals surface area contributed by atoms with Crippen LogP contribution in [-0.4, -0.2) is 43.4 Å². The molecule has 0 saturated heterocycles. The van der Waals surface area contributed by atoms with E-state index in [4.69, 9.17) is 9.47 Å². The van der Waals surface area contributed by atoms with Crippen LogP contribution in [0.25, 0.3) is 22.1 Å². The molecule has 0 unspecified atom stereocenters. The van der Waals surface area contributed by atoms with Gasteiger partial charge < -0.3 is 29.7 Å². The Labute approximate surface area is 161 Å². The van der Waals surface area contributed by atoms with Gasteiger partial charge in [0, 0.05) is 12.1 Å². The molecule has 2 atom stereocenters. The maximum absolute atomic E-state index is 10.6. The molecule has 4 aromatic rings. The van der Waals surface area contributed by atoms with Gasteiger partial charge in [0.1, 0.15) is 35.4 Å². The Morgan fingerprint density at radius 2 is 1.21 bits per heavy atom. The fourth-order valence-corrected chi connectivity index (χ4v) is 3.11. The summed E-state index contributed by atoms with van der Waals surface area (Å²) >= 11 is 0. The summed E-state index contributed by atoms with van der Waals surface area (Å²) in [5.74, 6) is 1.93. The number of aliphatic hydroxyl groups is 2. The van der Waals surface area contributed by atoms with Gasteiger partial charge in [0.2, 0.25) is 0 Å². The van der Waals surface area contributed by atoms with Crippen LogP contribution in [0.5, 0.6) is 11.5 Å². The monoisotopic (exact) mass is 382 g/mol. The van der Waals surface area contributed by atoms with E-state index >= 15 is 0 Å². The quantitative estimate of drug-likeness (QED) is 0.390. The molecule has 0 fully saturated rings. The molecule has 0 saturated carbocycles. The van der Waals surface area contributed by atoms with E-state index in [9.17, 15) is 10.2 Å². The average molecular weight is 382 g/mol. The first-order chi connectivity index (χ1) is 13.6. The lowest BCUT2D eigenvalue weighted by Crippen LogP contribution is -2.13. The van der Waals surface area contributed by atoms with Crippen LogP contribution >= 0.6 is 0 Å². The second-order valence-electron chi connectivity index (χ2n) is 6.36. The lowest BCUT2D eigenvalue weighted by molar-refractivity contribution is 0.00780. The zero-order chi connectivity index (χ0) is 19.7. The molecule has 0 amide bonds. The number of aromatic nitrogens is 4. The van der Waals surface area contributed by atoms with Gasteiger partial charge in [0.05, 0.1) is 35.3 Å². The molecule has 2 aromatic carbocycles. The number of hydrogen-bond donors (Lipinski definition) is 4. The standard InChI is InChI=1S/C20H22N4O4/c1-3-27-11-5-7-13-15(9-11)23-19(21-13)17(25)18(26)20-22-14-8-6-12(28-4-2)10-16(14)24-20/h5-10,17-18,25-26H,3-4H2,1-2H3,(H,21,23)(H,22,24)/t17-,18-/m1/s1. The number of rotatable bonds is 7. The number of imidazole rings is 2. The van der Waals surface area contributed by atoms with E-state index in [0.717, 1.165) is 11.0 Å². The first kappa shape index (κ1) is 18.3. The number of benzene rings is 2. The van der Waals surface area contributed by atoms with Crippen molar-refractivity contribution in [1.82, 2.24) is 19.9 Å². The summed E-state index contributed by atoms with van der Waals surface area (Å²) in [7, 11) is 0. The average Bonchev–Trinajstić information content (AvgIpc) is 3.30. The molecule has 146 valence electrons. The highest BCUT2D eigenvalue weighted by atomic mass is 16.5. The topological polar surface area (TPSA) is 116 Å². The summed E-state index contributed by atoms with van der Waals surface area (Å²) in [6, 6.07) is 10.9. The highest BCUT2D eigenvalue weighted by molar-refractivity contribution is 5.77. The van der Waals surface area contributed by atoms with Crippen molar-refractivity contribution in [3.05, 3.63) is 48.0 Å². The van der Waals surface area contributed by atoms with E-state index in [1.54, 1.807) is 12.1 Å². The van der Waals surface area contributed by atoms with Crippen LogP contribution < -0.4 is 9.47 Å². The Morgan fingerprint density at radius 3 is 1.61 bits per heavy atom. The van der Waals surface area contributed by atoms with Gasteiger partial charge in [0.15, 0.2) is 0 Å². The van der Waals surface area contributed by atoms with E-state index in [2.05, 4.69) is 19.9 Å². The van der Waals surface area contributed by atoms with Crippen LogP contribution in [-0.2, 0) is 0 Å². The molecule has 2 heterocycles. The van der Waals surface area contributed by atoms with Crippen molar-refractivity contribution in [3.63, 3.8) is 0 Å². The van der Waals surface area contributed by atoms with Gasteiger partial charge in [-0.25, -0.2) is 9.97 Å². The first-order valence-electron chi connectivity index (χ1n) is 9.20. The molecule has 4 rings (SSSR count). The normalized spacial score (nSPS) is 13.7. The minimum absolute atomic E-state index is 0.256. The van der Waals surface area contributed by atoms with E-state index in [-0.39, 0.29) is 11.6 Å². The number of nitrogens with zero attached hydrogens (tertiary/aromatic N) is 2. The third-order valence-electron chi connectivity index (χ3n) is 4.42. The Kier molecular flexibility index (Phi) is 4.89. The van der Waals surface area contributed by atoms with E-state index < -0.39 is 12.2 Å². The SMILES string of the molecule is CCOc1ccc2nc([C@H](O)[C@@H](O)c3nc4ccc(OCC)cc4[nH]3)[nH]c2c1. The van der Waals surface area contributed by atoms with Gasteiger partial charge in [-0.2, -0.15) is 0 Å². The number of ether oxygens (including phenoxy) is 2. The van der Waals surface area contributed by atoms with Gasteiger partial charge in [-0.15, -0.1) is 0 Å². The zero-order valence-electron chi connectivity index (χ0n) is 15.6. The summed E-state index contributed by atoms with van der Waals surface area (Å²) in [6.45, 7) is 4.94. The summed E-state index contributed by atoms with van der Waals surface area (Å²) in [6.07, 6.45) is -2.54. The maximum atomic E-state index is 10.6. The maximum Gasteiger partial charge on any atom is 0.145 e. The summed E-state index contributed by atoms with van der Waals surface area (Å²) in [4.78, 5) is 14.8. The number of H-pyrrole nitrogens is 2. The molecule has 0 aliphatic carbocycles. The molecule has 28 heavy (non-hydrogen) atoms. The second kappa shape index (κ2) is 7.49. The highest BCUT2D eigenvalue weighted by Gasteiger charge is 2.26. The van der Waals surface area contributed by atoms with Crippen molar-refractivity contribution < 1.29 is 19.7 Å². The fourth-order valence-electron chi connectivity index (χ4n) is 3.11. The summed E-state index contributed by atoms with van der Waals surface area (Å²) in [5.41, 5.74) is 2.79. The van der Waals surface area contributed by atoms with Crippen molar-refractivity contribution in [3.8, 4) is 11.5 Å². The molecule has 0 spiro atoms. The molecule has 0 aliphatic rings. The Morgan fingerprint density at radius 1 is 0.786 bits per heavy atom. The molecule has 4 N–H and O–H groups in total. The largest absolute Gasteiger partial charge is 0.494 e. The van der Waals surface area contributed by atoms with E-state index in [1.165, 1.54) is 0 Å². The van der Waals surface area contributed by atoms with E-state index in [0.29, 0.717) is 35.7 Å². The first-order valence-corrected chi connectivity index (χ1v) is 9.20. The molecule has 2 aromatic heterocycles. The van der Waals surface area contributed by atoms with Crippen LogP contribution in [0.4, 0.5) is 0 Å². The van der Waals surface area contributed by atoms with Crippen molar-refractivity contribution in [2.45, 2.75) is 26.1 Å². The fraction of sp³-hybridized carbons (Fsp3) is 0.300. The molecule has 0 bridgehead atoms. The molecular formula is C20H22N4O4. The second-order valence-corrected chi connectivity index (χ2v) is 6.36. The van der Waals surface area contributed by atoms with Crippen LogP contribution in [0, 0.1) is 0 Å². The van der Waals surface area contributed by atoms with Crippen molar-refractivity contribution in [2.75, 3.05) is 13.2 Å². The number of fused-ring (bicyclic) bond motifs is 2. The van der Waals surface area contributed by atoms with E-state index in [1.807, 2.05) is 38.1 Å². The smallest absolute Gasteiger partial charge is 0.145 e. The summed E-state index contributed by atoms with van der Waals surface area (Å²) in [5, 5.41) is 21.2. The number of hydrogen-bond acceptors (Lipinski definition) is 6. The lowest BCUT2D eigenvalue weighted by Gasteiger charge is -2.13. The van der Waals surface area contributed by atoms with Crippen LogP contribution in [0.15, 0.2) is 36.4 Å². The third kappa shape index (κ3) is 3.39. The Hall–Kier alpha value is -3.10. The zero-order valence-corrected chi connectivity index (χ0v) is 15.6. The molecule has 8 nitrogen and oxygen atoms in total. The summed E-state index contributed by atoms with van der Waals surface area (Å²) < 4.78 is 11.0. The Bertz CT molecular complexity index is 1020.